The fourth-order valence-electron chi connectivity index (χ4n) is 4.19. The molecule has 6 nitrogen and oxygen atoms in total. The molecule has 3 aromatic rings. The molecule has 37 heavy (non-hydrogen) atoms. The van der Waals surface area contributed by atoms with Crippen molar-refractivity contribution in [3.63, 3.8) is 0 Å². The standard InChI is InChI=1S/C30H33ClN2O4/c1-21-19-24(35-17-18-37-29-10-4-5-16-36-29)12-14-25(21)30(34)26-13-11-23(20-27(26)31)33-28-9-3-2-7-22(28)8-6-15-32/h2-3,6-9,11-14,19-20,29,33H,4-5,10,15-18,32H2,1H3. The molecule has 0 aromatic heterocycles. The molecule has 0 saturated carbocycles. The average Bonchev–Trinajstić information content (AvgIpc) is 2.91. The number of nitrogens with one attached hydrogen (secondary N) is 1. The lowest BCUT2D eigenvalue weighted by atomic mass is 9.98. The summed E-state index contributed by atoms with van der Waals surface area (Å²) in [6.45, 7) is 3.98. The van der Waals surface area contributed by atoms with E-state index in [4.69, 9.17) is 31.5 Å². The first kappa shape index (κ1) is 26.9. The minimum absolute atomic E-state index is 0.131. The van der Waals surface area contributed by atoms with Crippen molar-refractivity contribution in [3.8, 4) is 5.75 Å². The summed E-state index contributed by atoms with van der Waals surface area (Å²) in [7, 11) is 0. The second-order valence-electron chi connectivity index (χ2n) is 8.87. The van der Waals surface area contributed by atoms with E-state index in [0.717, 1.165) is 48.4 Å². The topological polar surface area (TPSA) is 82.8 Å². The molecule has 0 bridgehead atoms. The van der Waals surface area contributed by atoms with Gasteiger partial charge in [-0.15, -0.1) is 0 Å². The third kappa shape index (κ3) is 7.43. The van der Waals surface area contributed by atoms with Crippen LogP contribution in [-0.2, 0) is 9.47 Å². The predicted molar refractivity (Wildman–Crippen MR) is 149 cm³/mol. The number of para-hydroxylation sites is 1. The van der Waals surface area contributed by atoms with Crippen LogP contribution in [0.15, 0.2) is 66.7 Å². The van der Waals surface area contributed by atoms with Crippen LogP contribution in [0.5, 0.6) is 5.75 Å². The first-order valence-corrected chi connectivity index (χ1v) is 13.0. The number of hydrogen-bond donors (Lipinski definition) is 2. The van der Waals surface area contributed by atoms with E-state index in [-0.39, 0.29) is 12.1 Å². The average molecular weight is 521 g/mol. The Hall–Kier alpha value is -3.16. The van der Waals surface area contributed by atoms with Gasteiger partial charge in [0.2, 0.25) is 0 Å². The summed E-state index contributed by atoms with van der Waals surface area (Å²) >= 11 is 6.56. The minimum Gasteiger partial charge on any atom is -0.491 e. The van der Waals surface area contributed by atoms with E-state index in [9.17, 15) is 4.79 Å². The summed E-state index contributed by atoms with van der Waals surface area (Å²) in [5.41, 5.74) is 10.2. The van der Waals surface area contributed by atoms with Crippen molar-refractivity contribution in [1.29, 1.82) is 0 Å². The molecule has 1 unspecified atom stereocenters. The molecule has 0 radical (unpaired) electrons. The second-order valence-corrected chi connectivity index (χ2v) is 9.27. The summed E-state index contributed by atoms with van der Waals surface area (Å²) < 4.78 is 17.1. The number of ether oxygens (including phenoxy) is 3. The highest BCUT2D eigenvalue weighted by Gasteiger charge is 2.17. The van der Waals surface area contributed by atoms with Crippen LogP contribution in [0.2, 0.25) is 5.02 Å². The molecule has 0 aliphatic carbocycles. The lowest BCUT2D eigenvalue weighted by molar-refractivity contribution is -0.165. The number of hydrogen-bond acceptors (Lipinski definition) is 6. The van der Waals surface area contributed by atoms with Gasteiger partial charge < -0.3 is 25.3 Å². The number of ketones is 1. The lowest BCUT2D eigenvalue weighted by Crippen LogP contribution is -2.24. The van der Waals surface area contributed by atoms with Crippen molar-refractivity contribution in [2.75, 3.05) is 31.7 Å². The molecule has 4 rings (SSSR count). The zero-order valence-corrected chi connectivity index (χ0v) is 21.8. The monoisotopic (exact) mass is 520 g/mol. The Balaban J connectivity index is 1.38. The molecule has 1 atom stereocenters. The summed E-state index contributed by atoms with van der Waals surface area (Å²) in [6.07, 6.45) is 6.88. The maximum atomic E-state index is 13.3. The minimum atomic E-state index is -0.135. The molecule has 1 fully saturated rings. The van der Waals surface area contributed by atoms with Gasteiger partial charge >= 0.3 is 0 Å². The molecule has 7 heteroatoms. The van der Waals surface area contributed by atoms with Gasteiger partial charge in [-0.3, -0.25) is 4.79 Å². The van der Waals surface area contributed by atoms with E-state index in [1.54, 1.807) is 24.3 Å². The number of rotatable bonds is 11. The fourth-order valence-corrected chi connectivity index (χ4v) is 4.46. The van der Waals surface area contributed by atoms with Crippen LogP contribution < -0.4 is 15.8 Å². The van der Waals surface area contributed by atoms with Crippen LogP contribution in [0.1, 0.15) is 46.3 Å². The predicted octanol–water partition coefficient (Wildman–Crippen LogP) is 6.52. The SMILES string of the molecule is Cc1cc(OCCOC2CCCCO2)ccc1C(=O)c1ccc(Nc2ccccc2C=CCN)cc1Cl. The van der Waals surface area contributed by atoms with Crippen LogP contribution in [-0.4, -0.2) is 38.4 Å². The van der Waals surface area contributed by atoms with Gasteiger partial charge in [0.25, 0.3) is 0 Å². The first-order chi connectivity index (χ1) is 18.0. The van der Waals surface area contributed by atoms with E-state index in [1.165, 1.54) is 0 Å². The Kier molecular flexibility index (Phi) is 9.74. The first-order valence-electron chi connectivity index (χ1n) is 12.6. The summed E-state index contributed by atoms with van der Waals surface area (Å²) in [6, 6.07) is 18.7. The van der Waals surface area contributed by atoms with Crippen LogP contribution in [0, 0.1) is 6.92 Å². The van der Waals surface area contributed by atoms with Gasteiger partial charge in [-0.2, -0.15) is 0 Å². The molecule has 1 aliphatic rings. The van der Waals surface area contributed by atoms with Crippen molar-refractivity contribution in [2.24, 2.45) is 5.73 Å². The molecule has 1 saturated heterocycles. The summed E-state index contributed by atoms with van der Waals surface area (Å²) in [5.74, 6) is 0.555. The highest BCUT2D eigenvalue weighted by atomic mass is 35.5. The van der Waals surface area contributed by atoms with Gasteiger partial charge in [-0.05, 0) is 79.8 Å². The Bertz CT molecular complexity index is 1240. The highest BCUT2D eigenvalue weighted by Crippen LogP contribution is 2.29. The van der Waals surface area contributed by atoms with E-state index in [2.05, 4.69) is 5.32 Å². The molecule has 3 N–H and O–H groups in total. The van der Waals surface area contributed by atoms with E-state index in [1.807, 2.05) is 55.5 Å². The molecule has 0 spiro atoms. The van der Waals surface area contributed by atoms with Gasteiger partial charge in [-0.1, -0.05) is 42.0 Å². The largest absolute Gasteiger partial charge is 0.491 e. The van der Waals surface area contributed by atoms with Crippen molar-refractivity contribution in [1.82, 2.24) is 0 Å². The van der Waals surface area contributed by atoms with Crippen LogP contribution in [0.3, 0.4) is 0 Å². The van der Waals surface area contributed by atoms with Crippen molar-refractivity contribution < 1.29 is 19.0 Å². The van der Waals surface area contributed by atoms with Crippen molar-refractivity contribution >= 4 is 34.8 Å². The summed E-state index contributed by atoms with van der Waals surface area (Å²) in [5, 5.41) is 3.75. The number of anilines is 2. The molecule has 0 amide bonds. The van der Waals surface area contributed by atoms with Gasteiger partial charge in [0.15, 0.2) is 12.1 Å². The zero-order valence-electron chi connectivity index (χ0n) is 21.0. The van der Waals surface area contributed by atoms with Gasteiger partial charge in [0, 0.05) is 35.7 Å². The Morgan fingerprint density at radius 2 is 1.95 bits per heavy atom. The summed E-state index contributed by atoms with van der Waals surface area (Å²) in [4.78, 5) is 13.3. The molecular weight excluding hydrogens is 488 g/mol. The van der Waals surface area contributed by atoms with Crippen molar-refractivity contribution in [3.05, 3.63) is 94.0 Å². The lowest BCUT2D eigenvalue weighted by Gasteiger charge is -2.22. The third-order valence-electron chi connectivity index (χ3n) is 6.12. The maximum Gasteiger partial charge on any atom is 0.194 e. The fraction of sp³-hybridized carbons (Fsp3) is 0.300. The van der Waals surface area contributed by atoms with E-state index < -0.39 is 0 Å². The van der Waals surface area contributed by atoms with Crippen LogP contribution in [0.4, 0.5) is 11.4 Å². The Morgan fingerprint density at radius 3 is 2.70 bits per heavy atom. The number of aryl methyl sites for hydroxylation is 1. The highest BCUT2D eigenvalue weighted by molar-refractivity contribution is 6.35. The Morgan fingerprint density at radius 1 is 1.11 bits per heavy atom. The van der Waals surface area contributed by atoms with Crippen molar-refractivity contribution in [2.45, 2.75) is 32.5 Å². The maximum absolute atomic E-state index is 13.3. The molecule has 1 aliphatic heterocycles. The van der Waals surface area contributed by atoms with Gasteiger partial charge in [-0.25, -0.2) is 0 Å². The number of halogens is 1. The van der Waals surface area contributed by atoms with E-state index in [0.29, 0.717) is 41.7 Å². The van der Waals surface area contributed by atoms with Crippen LogP contribution in [0.25, 0.3) is 6.08 Å². The van der Waals surface area contributed by atoms with Gasteiger partial charge in [0.05, 0.1) is 11.6 Å². The van der Waals surface area contributed by atoms with E-state index >= 15 is 0 Å². The molecule has 3 aromatic carbocycles. The van der Waals surface area contributed by atoms with Crippen LogP contribution >= 0.6 is 11.6 Å². The molecule has 194 valence electrons. The van der Waals surface area contributed by atoms with Gasteiger partial charge in [0.1, 0.15) is 12.4 Å². The smallest absolute Gasteiger partial charge is 0.194 e. The number of benzene rings is 3. The third-order valence-corrected chi connectivity index (χ3v) is 6.44. The number of carbonyl (C=O) groups is 1. The number of nitrogens with two attached hydrogens (primary N) is 1. The molecule has 1 heterocycles. The molecular formula is C30H33ClN2O4. The normalized spacial score (nSPS) is 15.6. The zero-order chi connectivity index (χ0) is 26.0. The quantitative estimate of drug-likeness (QED) is 0.221. The number of carbonyl (C=O) groups excluding carboxylic acids is 1. The Labute approximate surface area is 223 Å². The second kappa shape index (κ2) is 13.4.